The molecule has 2 N–H and O–H groups in total. The van der Waals surface area contributed by atoms with Crippen LogP contribution in [0.15, 0.2) is 47.6 Å². The van der Waals surface area contributed by atoms with Gasteiger partial charge in [0.1, 0.15) is 10.7 Å². The summed E-state index contributed by atoms with van der Waals surface area (Å²) in [5.74, 6) is -1.36. The topological polar surface area (TPSA) is 105 Å². The van der Waals surface area contributed by atoms with Crippen LogP contribution in [0.3, 0.4) is 0 Å². The predicted molar refractivity (Wildman–Crippen MR) is 101 cm³/mol. The minimum atomic E-state index is -4.08. The van der Waals surface area contributed by atoms with Crippen LogP contribution in [0.5, 0.6) is 0 Å². The van der Waals surface area contributed by atoms with Crippen LogP contribution in [0.1, 0.15) is 17.7 Å². The number of hydrogen-bond acceptors (Lipinski definition) is 5. The van der Waals surface area contributed by atoms with Crippen LogP contribution in [0.4, 0.5) is 4.39 Å². The van der Waals surface area contributed by atoms with Gasteiger partial charge in [0.15, 0.2) is 5.65 Å². The molecule has 0 atom stereocenters. The second-order valence-corrected chi connectivity index (χ2v) is 7.99. The molecule has 0 unspecified atom stereocenters. The Morgan fingerprint density at radius 2 is 2.07 bits per heavy atom. The van der Waals surface area contributed by atoms with E-state index in [0.29, 0.717) is 19.4 Å². The SMILES string of the molecule is Cc1cc2ncc(CCCNC(=O)CNS(=O)(=O)c3ccccc3F)cn2n1. The maximum atomic E-state index is 13.6. The number of amides is 1. The molecule has 1 aromatic carbocycles. The molecule has 0 aliphatic carbocycles. The summed E-state index contributed by atoms with van der Waals surface area (Å²) < 4.78 is 41.5. The van der Waals surface area contributed by atoms with E-state index in [1.807, 2.05) is 19.2 Å². The van der Waals surface area contributed by atoms with E-state index in [1.54, 1.807) is 10.7 Å². The molecule has 0 radical (unpaired) electrons. The molecule has 3 aromatic rings. The lowest BCUT2D eigenvalue weighted by atomic mass is 10.2. The number of halogens is 1. The number of benzene rings is 1. The van der Waals surface area contributed by atoms with E-state index in [0.717, 1.165) is 29.0 Å². The lowest BCUT2D eigenvalue weighted by molar-refractivity contribution is -0.119. The number of hydrogen-bond donors (Lipinski definition) is 2. The number of carbonyl (C=O) groups is 1. The predicted octanol–water partition coefficient (Wildman–Crippen LogP) is 1.20. The largest absolute Gasteiger partial charge is 0.355 e. The number of carbonyl (C=O) groups excluding carboxylic acids is 1. The first kappa shape index (κ1) is 19.9. The Hall–Kier alpha value is -2.85. The van der Waals surface area contributed by atoms with Crippen molar-refractivity contribution in [3.05, 3.63) is 59.8 Å². The Balaban J connectivity index is 1.43. The quantitative estimate of drug-likeness (QED) is 0.548. The normalized spacial score (nSPS) is 11.6. The molecule has 0 aliphatic rings. The third kappa shape index (κ3) is 4.90. The van der Waals surface area contributed by atoms with Gasteiger partial charge in [-0.05, 0) is 37.5 Å². The van der Waals surface area contributed by atoms with Crippen molar-refractivity contribution in [3.63, 3.8) is 0 Å². The first-order valence-electron chi connectivity index (χ1n) is 8.67. The molecule has 2 heterocycles. The Labute approximate surface area is 161 Å². The van der Waals surface area contributed by atoms with Crippen LogP contribution in [0, 0.1) is 12.7 Å². The average molecular weight is 405 g/mol. The second kappa shape index (κ2) is 8.44. The van der Waals surface area contributed by atoms with Crippen molar-refractivity contribution in [2.75, 3.05) is 13.1 Å². The van der Waals surface area contributed by atoms with E-state index >= 15 is 0 Å². The lowest BCUT2D eigenvalue weighted by Crippen LogP contribution is -2.37. The van der Waals surface area contributed by atoms with Gasteiger partial charge in [-0.3, -0.25) is 4.79 Å². The fourth-order valence-corrected chi connectivity index (χ4v) is 3.71. The summed E-state index contributed by atoms with van der Waals surface area (Å²) in [6.07, 6.45) is 4.99. The Morgan fingerprint density at radius 3 is 2.86 bits per heavy atom. The van der Waals surface area contributed by atoms with Gasteiger partial charge in [0.05, 0.1) is 12.2 Å². The number of aromatic nitrogens is 3. The van der Waals surface area contributed by atoms with Gasteiger partial charge in [0, 0.05) is 25.0 Å². The summed E-state index contributed by atoms with van der Waals surface area (Å²) in [6, 6.07) is 6.87. The molecule has 148 valence electrons. The first-order chi connectivity index (χ1) is 13.3. The van der Waals surface area contributed by atoms with Crippen LogP contribution in [-0.2, 0) is 21.2 Å². The highest BCUT2D eigenvalue weighted by Crippen LogP contribution is 2.12. The zero-order valence-electron chi connectivity index (χ0n) is 15.2. The molecule has 28 heavy (non-hydrogen) atoms. The summed E-state index contributed by atoms with van der Waals surface area (Å²) in [6.45, 7) is 1.80. The van der Waals surface area contributed by atoms with Gasteiger partial charge in [0.25, 0.3) is 0 Å². The number of aryl methyl sites for hydroxylation is 2. The van der Waals surface area contributed by atoms with Gasteiger partial charge >= 0.3 is 0 Å². The van der Waals surface area contributed by atoms with E-state index in [9.17, 15) is 17.6 Å². The molecule has 8 nitrogen and oxygen atoms in total. The monoisotopic (exact) mass is 405 g/mol. The fourth-order valence-electron chi connectivity index (χ4n) is 2.65. The van der Waals surface area contributed by atoms with E-state index in [1.165, 1.54) is 12.1 Å². The van der Waals surface area contributed by atoms with Crippen LogP contribution in [-0.4, -0.2) is 42.0 Å². The van der Waals surface area contributed by atoms with E-state index in [4.69, 9.17) is 0 Å². The molecule has 1 amide bonds. The molecule has 0 bridgehead atoms. The first-order valence-corrected chi connectivity index (χ1v) is 10.2. The number of nitrogens with one attached hydrogen (secondary N) is 2. The van der Waals surface area contributed by atoms with Crippen molar-refractivity contribution in [3.8, 4) is 0 Å². The molecule has 0 saturated heterocycles. The van der Waals surface area contributed by atoms with E-state index in [-0.39, 0.29) is 0 Å². The Kier molecular flexibility index (Phi) is 6.00. The minimum Gasteiger partial charge on any atom is -0.355 e. The molecule has 2 aromatic heterocycles. The standard InChI is InChI=1S/C18H20FN5O3S/c1-13-9-17-21-10-14(12-24(17)23-13)5-4-8-20-18(25)11-22-28(26,27)16-7-3-2-6-15(16)19/h2-3,6-7,9-10,12,22H,4-5,8,11H2,1H3,(H,20,25). The third-order valence-corrected chi connectivity index (χ3v) is 5.44. The maximum Gasteiger partial charge on any atom is 0.243 e. The van der Waals surface area contributed by atoms with Crippen molar-refractivity contribution in [1.29, 1.82) is 0 Å². The van der Waals surface area contributed by atoms with Crippen molar-refractivity contribution in [2.24, 2.45) is 0 Å². The van der Waals surface area contributed by atoms with Crippen molar-refractivity contribution >= 4 is 21.6 Å². The molecular formula is C18H20FN5O3S. The molecule has 0 saturated carbocycles. The highest BCUT2D eigenvalue weighted by atomic mass is 32.2. The van der Waals surface area contributed by atoms with Crippen molar-refractivity contribution in [1.82, 2.24) is 24.6 Å². The summed E-state index contributed by atoms with van der Waals surface area (Å²) >= 11 is 0. The summed E-state index contributed by atoms with van der Waals surface area (Å²) in [5.41, 5.74) is 2.64. The van der Waals surface area contributed by atoms with Crippen LogP contribution in [0.25, 0.3) is 5.65 Å². The average Bonchev–Trinajstić information content (AvgIpc) is 3.03. The van der Waals surface area contributed by atoms with Crippen molar-refractivity contribution in [2.45, 2.75) is 24.7 Å². The zero-order valence-corrected chi connectivity index (χ0v) is 16.0. The van der Waals surface area contributed by atoms with E-state index < -0.39 is 33.2 Å². The second-order valence-electron chi connectivity index (χ2n) is 6.26. The van der Waals surface area contributed by atoms with Gasteiger partial charge in [-0.25, -0.2) is 27.0 Å². The van der Waals surface area contributed by atoms with E-state index in [2.05, 4.69) is 20.1 Å². The molecule has 0 fully saturated rings. The Bertz CT molecular complexity index is 1100. The van der Waals surface area contributed by atoms with Gasteiger partial charge in [-0.2, -0.15) is 5.10 Å². The van der Waals surface area contributed by atoms with Crippen molar-refractivity contribution < 1.29 is 17.6 Å². The number of rotatable bonds is 8. The highest BCUT2D eigenvalue weighted by Gasteiger charge is 2.19. The van der Waals surface area contributed by atoms with Gasteiger partial charge in [-0.15, -0.1) is 0 Å². The summed E-state index contributed by atoms with van der Waals surface area (Å²) in [7, 11) is -4.08. The third-order valence-electron chi connectivity index (χ3n) is 4.00. The van der Waals surface area contributed by atoms with Gasteiger partial charge in [-0.1, -0.05) is 12.1 Å². The molecular weight excluding hydrogens is 385 g/mol. The van der Waals surface area contributed by atoms with Crippen LogP contribution in [0.2, 0.25) is 0 Å². The number of sulfonamides is 1. The molecule has 0 aliphatic heterocycles. The molecule has 10 heteroatoms. The lowest BCUT2D eigenvalue weighted by Gasteiger charge is -2.08. The van der Waals surface area contributed by atoms with Gasteiger partial charge < -0.3 is 5.32 Å². The summed E-state index contributed by atoms with van der Waals surface area (Å²) in [5, 5.41) is 6.93. The van der Waals surface area contributed by atoms with Crippen LogP contribution >= 0.6 is 0 Å². The molecule has 3 rings (SSSR count). The smallest absolute Gasteiger partial charge is 0.243 e. The summed E-state index contributed by atoms with van der Waals surface area (Å²) in [4.78, 5) is 15.7. The molecule has 0 spiro atoms. The number of fused-ring (bicyclic) bond motifs is 1. The zero-order chi connectivity index (χ0) is 20.1. The minimum absolute atomic E-state index is 0.371. The Morgan fingerprint density at radius 1 is 1.29 bits per heavy atom. The fraction of sp³-hybridized carbons (Fsp3) is 0.278. The maximum absolute atomic E-state index is 13.6. The highest BCUT2D eigenvalue weighted by molar-refractivity contribution is 7.89. The number of nitrogens with zero attached hydrogens (tertiary/aromatic N) is 3. The van der Waals surface area contributed by atoms with Gasteiger partial charge in [0.2, 0.25) is 15.9 Å². The van der Waals surface area contributed by atoms with Crippen LogP contribution < -0.4 is 10.0 Å².